The van der Waals surface area contributed by atoms with Crippen molar-refractivity contribution >= 4 is 5.91 Å². The van der Waals surface area contributed by atoms with Gasteiger partial charge in [0.2, 0.25) is 5.91 Å². The Kier molecular flexibility index (Phi) is 4.85. The number of amides is 1. The van der Waals surface area contributed by atoms with Crippen LogP contribution in [0.4, 0.5) is 0 Å². The van der Waals surface area contributed by atoms with Crippen LogP contribution in [0.15, 0.2) is 0 Å². The molecule has 3 aliphatic rings. The number of hydrogen-bond donors (Lipinski definition) is 0. The number of rotatable bonds is 3. The Bertz CT molecular complexity index is 351. The van der Waals surface area contributed by atoms with Crippen LogP contribution in [0.25, 0.3) is 0 Å². The van der Waals surface area contributed by atoms with Gasteiger partial charge in [0.05, 0.1) is 0 Å². The summed E-state index contributed by atoms with van der Waals surface area (Å²) < 4.78 is 0. The second-order valence-electron chi connectivity index (χ2n) is 7.34. The lowest BCUT2D eigenvalue weighted by atomic mass is 9.73. The van der Waals surface area contributed by atoms with Gasteiger partial charge >= 0.3 is 0 Å². The summed E-state index contributed by atoms with van der Waals surface area (Å²) in [5.74, 6) is 1.62. The van der Waals surface area contributed by atoms with Gasteiger partial charge in [-0.2, -0.15) is 0 Å². The SMILES string of the molecule is CC[C@H]1C[C@@H](C(=O)N2CCN(C3CCN(C)CC3)CC2)C1. The summed E-state index contributed by atoms with van der Waals surface area (Å²) in [5.41, 5.74) is 0. The Morgan fingerprint density at radius 2 is 1.62 bits per heavy atom. The summed E-state index contributed by atoms with van der Waals surface area (Å²) in [6.07, 6.45) is 6.12. The van der Waals surface area contributed by atoms with Crippen LogP contribution >= 0.6 is 0 Å². The smallest absolute Gasteiger partial charge is 0.225 e. The van der Waals surface area contributed by atoms with Crippen LogP contribution < -0.4 is 0 Å². The first kappa shape index (κ1) is 15.3. The van der Waals surface area contributed by atoms with Gasteiger partial charge in [0.25, 0.3) is 0 Å². The minimum Gasteiger partial charge on any atom is -0.340 e. The fourth-order valence-corrected chi connectivity index (χ4v) is 4.20. The van der Waals surface area contributed by atoms with E-state index in [4.69, 9.17) is 0 Å². The Hall–Kier alpha value is -0.610. The van der Waals surface area contributed by atoms with Gasteiger partial charge in [-0.25, -0.2) is 0 Å². The molecule has 3 fully saturated rings. The Labute approximate surface area is 129 Å². The molecule has 1 aliphatic carbocycles. The zero-order valence-electron chi connectivity index (χ0n) is 13.8. The second-order valence-corrected chi connectivity index (χ2v) is 7.34. The maximum absolute atomic E-state index is 12.5. The monoisotopic (exact) mass is 293 g/mol. The molecular weight excluding hydrogens is 262 g/mol. The third kappa shape index (κ3) is 3.42. The maximum atomic E-state index is 12.5. The molecule has 4 heteroatoms. The average molecular weight is 293 g/mol. The molecule has 0 unspecified atom stereocenters. The average Bonchev–Trinajstić information content (AvgIpc) is 2.47. The number of hydrogen-bond acceptors (Lipinski definition) is 3. The van der Waals surface area contributed by atoms with E-state index in [1.165, 1.54) is 32.4 Å². The first-order chi connectivity index (χ1) is 10.2. The van der Waals surface area contributed by atoms with E-state index < -0.39 is 0 Å². The molecule has 1 amide bonds. The molecule has 0 bridgehead atoms. The molecule has 0 aromatic carbocycles. The molecule has 120 valence electrons. The van der Waals surface area contributed by atoms with E-state index in [2.05, 4.69) is 28.7 Å². The van der Waals surface area contributed by atoms with Gasteiger partial charge < -0.3 is 9.80 Å². The topological polar surface area (TPSA) is 26.8 Å². The van der Waals surface area contributed by atoms with Gasteiger partial charge in [-0.05, 0) is 51.7 Å². The Morgan fingerprint density at radius 1 is 1.00 bits per heavy atom. The lowest BCUT2D eigenvalue weighted by molar-refractivity contribution is -0.142. The number of nitrogens with zero attached hydrogens (tertiary/aromatic N) is 3. The van der Waals surface area contributed by atoms with E-state index >= 15 is 0 Å². The molecule has 21 heavy (non-hydrogen) atoms. The fourth-order valence-electron chi connectivity index (χ4n) is 4.20. The van der Waals surface area contributed by atoms with E-state index in [1.807, 2.05) is 0 Å². The normalized spacial score (nSPS) is 33.0. The minimum atomic E-state index is 0.352. The van der Waals surface area contributed by atoms with Crippen molar-refractivity contribution in [1.29, 1.82) is 0 Å². The highest BCUT2D eigenvalue weighted by Crippen LogP contribution is 2.37. The summed E-state index contributed by atoms with van der Waals surface area (Å²) in [5, 5.41) is 0. The highest BCUT2D eigenvalue weighted by molar-refractivity contribution is 5.79. The third-order valence-electron chi connectivity index (χ3n) is 5.99. The number of carbonyl (C=O) groups excluding carboxylic acids is 1. The summed E-state index contributed by atoms with van der Waals surface area (Å²) >= 11 is 0. The number of likely N-dealkylation sites (tertiary alicyclic amines) is 1. The van der Waals surface area contributed by atoms with Crippen LogP contribution in [-0.4, -0.2) is 73.0 Å². The Morgan fingerprint density at radius 3 is 2.19 bits per heavy atom. The van der Waals surface area contributed by atoms with Crippen LogP contribution in [0.2, 0.25) is 0 Å². The number of piperazine rings is 1. The fraction of sp³-hybridized carbons (Fsp3) is 0.941. The molecular formula is C17H31N3O. The van der Waals surface area contributed by atoms with E-state index in [0.717, 1.165) is 51.0 Å². The van der Waals surface area contributed by atoms with Crippen molar-refractivity contribution in [3.05, 3.63) is 0 Å². The largest absolute Gasteiger partial charge is 0.340 e. The molecule has 4 nitrogen and oxygen atoms in total. The van der Waals surface area contributed by atoms with Crippen molar-refractivity contribution in [3.63, 3.8) is 0 Å². The first-order valence-electron chi connectivity index (χ1n) is 8.88. The van der Waals surface area contributed by atoms with Crippen LogP contribution in [0, 0.1) is 11.8 Å². The predicted octanol–water partition coefficient (Wildman–Crippen LogP) is 1.66. The van der Waals surface area contributed by atoms with Crippen molar-refractivity contribution in [1.82, 2.24) is 14.7 Å². The van der Waals surface area contributed by atoms with E-state index in [-0.39, 0.29) is 0 Å². The highest BCUT2D eigenvalue weighted by atomic mass is 16.2. The molecule has 0 radical (unpaired) electrons. The second kappa shape index (κ2) is 6.66. The van der Waals surface area contributed by atoms with Gasteiger partial charge in [-0.3, -0.25) is 9.69 Å². The van der Waals surface area contributed by atoms with Crippen molar-refractivity contribution in [3.8, 4) is 0 Å². The van der Waals surface area contributed by atoms with E-state index in [1.54, 1.807) is 0 Å². The van der Waals surface area contributed by atoms with Crippen molar-refractivity contribution in [2.75, 3.05) is 46.3 Å². The molecule has 2 heterocycles. The molecule has 3 rings (SSSR count). The van der Waals surface area contributed by atoms with Gasteiger partial charge in [-0.15, -0.1) is 0 Å². The first-order valence-corrected chi connectivity index (χ1v) is 8.88. The minimum absolute atomic E-state index is 0.352. The van der Waals surface area contributed by atoms with Crippen molar-refractivity contribution < 1.29 is 4.79 Å². The quantitative estimate of drug-likeness (QED) is 0.792. The molecule has 2 saturated heterocycles. The molecule has 0 aromatic heterocycles. The molecule has 0 N–H and O–H groups in total. The molecule has 0 spiro atoms. The van der Waals surface area contributed by atoms with E-state index in [0.29, 0.717) is 11.8 Å². The van der Waals surface area contributed by atoms with Crippen LogP contribution in [0.1, 0.15) is 39.0 Å². The van der Waals surface area contributed by atoms with Crippen LogP contribution in [0.3, 0.4) is 0 Å². The maximum Gasteiger partial charge on any atom is 0.225 e. The zero-order chi connectivity index (χ0) is 14.8. The van der Waals surface area contributed by atoms with E-state index in [9.17, 15) is 4.79 Å². The number of piperidine rings is 1. The van der Waals surface area contributed by atoms with Crippen LogP contribution in [0.5, 0.6) is 0 Å². The van der Waals surface area contributed by atoms with Crippen LogP contribution in [-0.2, 0) is 4.79 Å². The van der Waals surface area contributed by atoms with Crippen molar-refractivity contribution in [2.45, 2.75) is 45.1 Å². The van der Waals surface area contributed by atoms with Gasteiger partial charge in [0, 0.05) is 38.1 Å². The standard InChI is InChI=1S/C17H31N3O/c1-3-14-12-15(13-14)17(21)20-10-8-19(9-11-20)16-4-6-18(2)7-5-16/h14-16H,3-13H2,1-2H3/t14-,15+. The summed E-state index contributed by atoms with van der Waals surface area (Å²) in [7, 11) is 2.22. The summed E-state index contributed by atoms with van der Waals surface area (Å²) in [4.78, 5) is 19.7. The van der Waals surface area contributed by atoms with Gasteiger partial charge in [-0.1, -0.05) is 13.3 Å². The predicted molar refractivity (Wildman–Crippen MR) is 85.2 cm³/mol. The lowest BCUT2D eigenvalue weighted by Crippen LogP contribution is -2.55. The number of carbonyl (C=O) groups is 1. The molecule has 2 aliphatic heterocycles. The zero-order valence-corrected chi connectivity index (χ0v) is 13.8. The summed E-state index contributed by atoms with van der Waals surface area (Å²) in [6.45, 7) is 8.78. The highest BCUT2D eigenvalue weighted by Gasteiger charge is 2.37. The molecule has 1 saturated carbocycles. The van der Waals surface area contributed by atoms with Crippen molar-refractivity contribution in [2.24, 2.45) is 11.8 Å². The van der Waals surface area contributed by atoms with Gasteiger partial charge in [0.15, 0.2) is 0 Å². The molecule has 0 atom stereocenters. The third-order valence-corrected chi connectivity index (χ3v) is 5.99. The molecule has 0 aromatic rings. The summed E-state index contributed by atoms with van der Waals surface area (Å²) in [6, 6.07) is 0.756. The van der Waals surface area contributed by atoms with Gasteiger partial charge in [0.1, 0.15) is 0 Å². The Balaban J connectivity index is 1.42. The lowest BCUT2D eigenvalue weighted by Gasteiger charge is -2.44.